The van der Waals surface area contributed by atoms with E-state index in [9.17, 15) is 13.2 Å². The van der Waals surface area contributed by atoms with Crippen LogP contribution in [0.3, 0.4) is 0 Å². The van der Waals surface area contributed by atoms with Crippen molar-refractivity contribution >= 4 is 27.5 Å². The monoisotopic (exact) mass is 462 g/mol. The van der Waals surface area contributed by atoms with Gasteiger partial charge >= 0.3 is 0 Å². The number of halogens is 1. The molecule has 5 nitrogen and oxygen atoms in total. The number of carbonyl (C=O) groups excluding carboxylic acids is 1. The Morgan fingerprint density at radius 2 is 1.65 bits per heavy atom. The zero-order valence-corrected chi connectivity index (χ0v) is 20.2. The van der Waals surface area contributed by atoms with Crippen LogP contribution in [0.25, 0.3) is 0 Å². The fraction of sp³-hybridized carbons (Fsp3) is 0.458. The molecule has 1 N–H and O–H groups in total. The summed E-state index contributed by atoms with van der Waals surface area (Å²) in [7, 11) is -3.73. The second kappa shape index (κ2) is 9.31. The molecule has 0 unspecified atom stereocenters. The lowest BCUT2D eigenvalue weighted by atomic mass is 9.86. The van der Waals surface area contributed by atoms with Crippen LogP contribution in [0.1, 0.15) is 74.5 Å². The van der Waals surface area contributed by atoms with Crippen molar-refractivity contribution in [3.63, 3.8) is 0 Å². The van der Waals surface area contributed by atoms with Gasteiger partial charge in [-0.1, -0.05) is 63.1 Å². The molecule has 1 heterocycles. The summed E-state index contributed by atoms with van der Waals surface area (Å²) in [5.41, 5.74) is 2.54. The van der Waals surface area contributed by atoms with Crippen molar-refractivity contribution in [3.8, 4) is 0 Å². The van der Waals surface area contributed by atoms with Gasteiger partial charge in [-0.3, -0.25) is 4.79 Å². The Morgan fingerprint density at radius 1 is 1.03 bits per heavy atom. The molecule has 1 atom stereocenters. The highest BCUT2D eigenvalue weighted by molar-refractivity contribution is 7.89. The molecule has 0 spiro atoms. The molecule has 7 heteroatoms. The summed E-state index contributed by atoms with van der Waals surface area (Å²) in [5.74, 6) is -0.334. The van der Waals surface area contributed by atoms with Gasteiger partial charge in [-0.05, 0) is 54.5 Å². The van der Waals surface area contributed by atoms with Gasteiger partial charge in [0.2, 0.25) is 10.0 Å². The van der Waals surface area contributed by atoms with Gasteiger partial charge in [-0.2, -0.15) is 4.31 Å². The summed E-state index contributed by atoms with van der Waals surface area (Å²) in [4.78, 5) is 12.9. The molecule has 1 fully saturated rings. The molecule has 0 aromatic heterocycles. The van der Waals surface area contributed by atoms with Gasteiger partial charge in [0, 0.05) is 18.7 Å². The first-order valence-electron chi connectivity index (χ1n) is 10.7. The van der Waals surface area contributed by atoms with Crippen molar-refractivity contribution < 1.29 is 13.2 Å². The highest BCUT2D eigenvalue weighted by atomic mass is 35.5. The van der Waals surface area contributed by atoms with E-state index in [2.05, 4.69) is 38.2 Å². The molecule has 0 radical (unpaired) electrons. The van der Waals surface area contributed by atoms with Crippen molar-refractivity contribution in [1.29, 1.82) is 0 Å². The maximum absolute atomic E-state index is 13.0. The summed E-state index contributed by atoms with van der Waals surface area (Å²) in [6.45, 7) is 9.34. The number of piperidine rings is 1. The van der Waals surface area contributed by atoms with E-state index in [1.807, 2.05) is 19.1 Å². The summed E-state index contributed by atoms with van der Waals surface area (Å²) in [6.07, 6.45) is 2.70. The van der Waals surface area contributed by atoms with E-state index >= 15 is 0 Å². The normalized spacial score (nSPS) is 16.7. The maximum Gasteiger partial charge on any atom is 0.251 e. The summed E-state index contributed by atoms with van der Waals surface area (Å²) < 4.78 is 27.6. The molecule has 3 rings (SSSR count). The van der Waals surface area contributed by atoms with Gasteiger partial charge in [0.15, 0.2) is 0 Å². The van der Waals surface area contributed by atoms with Crippen LogP contribution in [0.4, 0.5) is 0 Å². The van der Waals surface area contributed by atoms with Crippen molar-refractivity contribution in [2.75, 3.05) is 13.1 Å². The lowest BCUT2D eigenvalue weighted by Crippen LogP contribution is -2.36. The molecule has 2 aromatic rings. The third-order valence-corrected chi connectivity index (χ3v) is 8.13. The molecule has 1 aliphatic rings. The quantitative estimate of drug-likeness (QED) is 0.655. The highest BCUT2D eigenvalue weighted by Crippen LogP contribution is 2.28. The van der Waals surface area contributed by atoms with Crippen molar-refractivity contribution in [1.82, 2.24) is 9.62 Å². The Balaban J connectivity index is 1.78. The minimum atomic E-state index is -3.73. The van der Waals surface area contributed by atoms with Crippen LogP contribution in [0.5, 0.6) is 0 Å². The predicted molar refractivity (Wildman–Crippen MR) is 125 cm³/mol. The molecule has 0 saturated carbocycles. The maximum atomic E-state index is 13.0. The molecule has 0 bridgehead atoms. The van der Waals surface area contributed by atoms with E-state index in [-0.39, 0.29) is 32.8 Å². The Kier molecular flexibility index (Phi) is 7.14. The first-order valence-corrected chi connectivity index (χ1v) is 12.5. The molecule has 168 valence electrons. The lowest BCUT2D eigenvalue weighted by molar-refractivity contribution is 0.0939. The number of hydrogen-bond donors (Lipinski definition) is 1. The van der Waals surface area contributed by atoms with Crippen LogP contribution >= 0.6 is 11.6 Å². The van der Waals surface area contributed by atoms with Gasteiger partial charge in [0.05, 0.1) is 11.1 Å². The number of benzene rings is 2. The molecule has 1 aliphatic heterocycles. The second-order valence-electron chi connectivity index (χ2n) is 9.18. The Hall–Kier alpha value is -1.89. The SMILES string of the molecule is C[C@@H](NC(=O)c1ccc(Cl)c(S(=O)(=O)N2CCCCC2)c1)c1ccc(C(C)(C)C)cc1. The number of nitrogens with zero attached hydrogens (tertiary/aromatic N) is 1. The van der Waals surface area contributed by atoms with Gasteiger partial charge in [0.1, 0.15) is 4.90 Å². The Labute approximate surface area is 190 Å². The van der Waals surface area contributed by atoms with E-state index < -0.39 is 10.0 Å². The molecular formula is C24H31ClN2O3S. The number of hydrogen-bond acceptors (Lipinski definition) is 3. The van der Waals surface area contributed by atoms with Crippen molar-refractivity contribution in [2.24, 2.45) is 0 Å². The van der Waals surface area contributed by atoms with E-state index in [1.165, 1.54) is 22.0 Å². The highest BCUT2D eigenvalue weighted by Gasteiger charge is 2.29. The van der Waals surface area contributed by atoms with Crippen LogP contribution in [0.15, 0.2) is 47.4 Å². The smallest absolute Gasteiger partial charge is 0.251 e. The Bertz CT molecular complexity index is 1040. The average molecular weight is 463 g/mol. The van der Waals surface area contributed by atoms with E-state index in [0.717, 1.165) is 24.8 Å². The minimum absolute atomic E-state index is 0.00843. The van der Waals surface area contributed by atoms with Crippen LogP contribution in [-0.4, -0.2) is 31.7 Å². The van der Waals surface area contributed by atoms with Gasteiger partial charge in [0.25, 0.3) is 5.91 Å². The standard InChI is InChI=1S/C24H31ClN2O3S/c1-17(18-8-11-20(12-9-18)24(2,3)4)26-23(28)19-10-13-21(25)22(16-19)31(29,30)27-14-6-5-7-15-27/h8-13,16-17H,5-7,14-15H2,1-4H3,(H,26,28)/t17-/m1/s1. The second-order valence-corrected chi connectivity index (χ2v) is 11.5. The zero-order valence-electron chi connectivity index (χ0n) is 18.6. The lowest BCUT2D eigenvalue weighted by Gasteiger charge is -2.26. The first kappa shape index (κ1) is 23.8. The fourth-order valence-corrected chi connectivity index (χ4v) is 5.74. The number of carbonyl (C=O) groups is 1. The summed E-state index contributed by atoms with van der Waals surface area (Å²) in [5, 5.41) is 3.09. The number of amides is 1. The van der Waals surface area contributed by atoms with Crippen LogP contribution in [0, 0.1) is 0 Å². The van der Waals surface area contributed by atoms with E-state index in [4.69, 9.17) is 11.6 Å². The topological polar surface area (TPSA) is 66.5 Å². The average Bonchev–Trinajstić information content (AvgIpc) is 2.74. The molecule has 1 saturated heterocycles. The van der Waals surface area contributed by atoms with Crippen molar-refractivity contribution in [2.45, 2.75) is 63.3 Å². The third-order valence-electron chi connectivity index (χ3n) is 5.75. The number of nitrogens with one attached hydrogen (secondary N) is 1. The van der Waals surface area contributed by atoms with E-state index in [1.54, 1.807) is 6.07 Å². The molecule has 2 aromatic carbocycles. The number of rotatable bonds is 5. The molecule has 1 amide bonds. The Morgan fingerprint density at radius 3 is 2.23 bits per heavy atom. The third kappa shape index (κ3) is 5.48. The minimum Gasteiger partial charge on any atom is -0.346 e. The zero-order chi connectivity index (χ0) is 22.8. The first-order chi connectivity index (χ1) is 14.5. The van der Waals surface area contributed by atoms with Crippen LogP contribution in [0.2, 0.25) is 5.02 Å². The van der Waals surface area contributed by atoms with Crippen LogP contribution < -0.4 is 5.32 Å². The summed E-state index contributed by atoms with van der Waals surface area (Å²) >= 11 is 6.22. The van der Waals surface area contributed by atoms with Crippen molar-refractivity contribution in [3.05, 3.63) is 64.2 Å². The van der Waals surface area contributed by atoms with Gasteiger partial charge in [-0.15, -0.1) is 0 Å². The van der Waals surface area contributed by atoms with Crippen LogP contribution in [-0.2, 0) is 15.4 Å². The largest absolute Gasteiger partial charge is 0.346 e. The fourth-order valence-electron chi connectivity index (χ4n) is 3.72. The van der Waals surface area contributed by atoms with Gasteiger partial charge < -0.3 is 5.32 Å². The predicted octanol–water partition coefficient (Wildman–Crippen LogP) is 5.30. The van der Waals surface area contributed by atoms with Gasteiger partial charge in [-0.25, -0.2) is 8.42 Å². The van der Waals surface area contributed by atoms with E-state index in [0.29, 0.717) is 13.1 Å². The molecule has 0 aliphatic carbocycles. The summed E-state index contributed by atoms with van der Waals surface area (Å²) in [6, 6.07) is 12.4. The molecule has 31 heavy (non-hydrogen) atoms. The molecular weight excluding hydrogens is 432 g/mol. The number of sulfonamides is 1.